The lowest BCUT2D eigenvalue weighted by molar-refractivity contribution is 0.528. The molecule has 0 spiro atoms. The molecule has 2 aliphatic rings. The first-order chi connectivity index (χ1) is 12.9. The first kappa shape index (κ1) is 18.3. The van der Waals surface area contributed by atoms with Crippen LogP contribution in [0.15, 0.2) is 35.3 Å². The molecule has 1 aromatic carbocycles. The SMILES string of the molecule is Cn1ncc(N2CCCC(S(=O)(=O)N3CCc4ccccc43)C2)c(Cl)c1=O. The first-order valence-corrected chi connectivity index (χ1v) is 10.8. The Hall–Kier alpha value is -2.06. The van der Waals surface area contributed by atoms with E-state index in [-0.39, 0.29) is 10.6 Å². The average Bonchev–Trinajstić information content (AvgIpc) is 3.11. The normalized spacial score (nSPS) is 20.0. The highest BCUT2D eigenvalue weighted by Gasteiger charge is 2.38. The van der Waals surface area contributed by atoms with Gasteiger partial charge in [0.25, 0.3) is 5.56 Å². The van der Waals surface area contributed by atoms with E-state index in [2.05, 4.69) is 5.10 Å². The van der Waals surface area contributed by atoms with Gasteiger partial charge in [-0.05, 0) is 30.9 Å². The van der Waals surface area contributed by atoms with E-state index in [0.29, 0.717) is 38.2 Å². The second-order valence-corrected chi connectivity index (χ2v) is 9.49. The molecular formula is C18H21ClN4O3S. The highest BCUT2D eigenvalue weighted by molar-refractivity contribution is 7.93. The second-order valence-electron chi connectivity index (χ2n) is 6.98. The van der Waals surface area contributed by atoms with Crippen LogP contribution in [-0.4, -0.2) is 43.1 Å². The Bertz CT molecular complexity index is 1040. The number of rotatable bonds is 3. The fourth-order valence-corrected chi connectivity index (χ4v) is 6.16. The lowest BCUT2D eigenvalue weighted by Gasteiger charge is -2.36. The maximum absolute atomic E-state index is 13.3. The molecule has 1 fully saturated rings. The molecule has 27 heavy (non-hydrogen) atoms. The highest BCUT2D eigenvalue weighted by atomic mass is 35.5. The van der Waals surface area contributed by atoms with Gasteiger partial charge in [-0.3, -0.25) is 9.10 Å². The molecule has 3 heterocycles. The van der Waals surface area contributed by atoms with Crippen LogP contribution < -0.4 is 14.8 Å². The number of halogens is 1. The molecule has 0 saturated carbocycles. The molecular weight excluding hydrogens is 388 g/mol. The van der Waals surface area contributed by atoms with Gasteiger partial charge in [0.05, 0.1) is 22.8 Å². The molecule has 4 rings (SSSR count). The molecule has 0 aliphatic carbocycles. The Morgan fingerprint density at radius 2 is 1.96 bits per heavy atom. The maximum Gasteiger partial charge on any atom is 0.287 e. The molecule has 0 radical (unpaired) electrons. The zero-order valence-corrected chi connectivity index (χ0v) is 16.6. The van der Waals surface area contributed by atoms with E-state index >= 15 is 0 Å². The van der Waals surface area contributed by atoms with Gasteiger partial charge in [-0.15, -0.1) is 0 Å². The lowest BCUT2D eigenvalue weighted by atomic mass is 10.1. The van der Waals surface area contributed by atoms with Crippen molar-refractivity contribution in [2.45, 2.75) is 24.5 Å². The summed E-state index contributed by atoms with van der Waals surface area (Å²) in [6, 6.07) is 7.64. The second kappa shape index (κ2) is 6.83. The van der Waals surface area contributed by atoms with Crippen molar-refractivity contribution in [2.75, 3.05) is 28.8 Å². The van der Waals surface area contributed by atoms with Crippen LogP contribution in [0.1, 0.15) is 18.4 Å². The minimum atomic E-state index is -3.50. The van der Waals surface area contributed by atoms with Crippen LogP contribution >= 0.6 is 11.6 Å². The van der Waals surface area contributed by atoms with E-state index in [1.54, 1.807) is 4.31 Å². The van der Waals surface area contributed by atoms with Gasteiger partial charge < -0.3 is 4.90 Å². The van der Waals surface area contributed by atoms with Gasteiger partial charge in [-0.1, -0.05) is 29.8 Å². The van der Waals surface area contributed by atoms with Gasteiger partial charge in [0.15, 0.2) is 0 Å². The number of hydrogen-bond acceptors (Lipinski definition) is 5. The van der Waals surface area contributed by atoms with Crippen LogP contribution in [0.2, 0.25) is 5.02 Å². The van der Waals surface area contributed by atoms with Crippen LogP contribution in [0.25, 0.3) is 0 Å². The molecule has 1 unspecified atom stereocenters. The quantitative estimate of drug-likeness (QED) is 0.774. The zero-order valence-electron chi connectivity index (χ0n) is 15.0. The minimum absolute atomic E-state index is 0.0806. The van der Waals surface area contributed by atoms with Crippen molar-refractivity contribution in [2.24, 2.45) is 7.05 Å². The van der Waals surface area contributed by atoms with Crippen LogP contribution in [0.5, 0.6) is 0 Å². The molecule has 0 bridgehead atoms. The summed E-state index contributed by atoms with van der Waals surface area (Å²) < 4.78 is 29.4. The number of nitrogens with zero attached hydrogens (tertiary/aromatic N) is 4. The van der Waals surface area contributed by atoms with Gasteiger partial charge >= 0.3 is 0 Å². The van der Waals surface area contributed by atoms with Gasteiger partial charge in [0.2, 0.25) is 10.0 Å². The Morgan fingerprint density at radius 1 is 1.19 bits per heavy atom. The number of piperidine rings is 1. The van der Waals surface area contributed by atoms with Crippen LogP contribution in [0, 0.1) is 0 Å². The summed E-state index contributed by atoms with van der Waals surface area (Å²) in [6.07, 6.45) is 3.57. The van der Waals surface area contributed by atoms with E-state index in [9.17, 15) is 13.2 Å². The van der Waals surface area contributed by atoms with Gasteiger partial charge in [-0.2, -0.15) is 5.10 Å². The molecule has 0 amide bonds. The molecule has 1 saturated heterocycles. The topological polar surface area (TPSA) is 75.5 Å². The summed E-state index contributed by atoms with van der Waals surface area (Å²) >= 11 is 6.21. The van der Waals surface area contributed by atoms with Crippen molar-refractivity contribution in [1.29, 1.82) is 0 Å². The van der Waals surface area contributed by atoms with Crippen molar-refractivity contribution >= 4 is 33.0 Å². The number of sulfonamides is 1. The molecule has 2 aromatic rings. The predicted molar refractivity (Wildman–Crippen MR) is 106 cm³/mol. The van der Waals surface area contributed by atoms with E-state index in [1.807, 2.05) is 29.2 Å². The minimum Gasteiger partial charge on any atom is -0.367 e. The van der Waals surface area contributed by atoms with Crippen molar-refractivity contribution in [3.05, 3.63) is 51.4 Å². The van der Waals surface area contributed by atoms with Crippen molar-refractivity contribution in [3.8, 4) is 0 Å². The van der Waals surface area contributed by atoms with Crippen molar-refractivity contribution < 1.29 is 8.42 Å². The van der Waals surface area contributed by atoms with Crippen LogP contribution in [0.4, 0.5) is 11.4 Å². The third-order valence-corrected chi connectivity index (χ3v) is 7.93. The summed E-state index contributed by atoms with van der Waals surface area (Å²) in [5, 5.41) is 3.56. The number of aromatic nitrogens is 2. The van der Waals surface area contributed by atoms with Crippen LogP contribution in [0.3, 0.4) is 0 Å². The van der Waals surface area contributed by atoms with Crippen molar-refractivity contribution in [1.82, 2.24) is 9.78 Å². The van der Waals surface area contributed by atoms with E-state index in [0.717, 1.165) is 17.7 Å². The van der Waals surface area contributed by atoms with E-state index < -0.39 is 15.3 Å². The summed E-state index contributed by atoms with van der Waals surface area (Å²) in [4.78, 5) is 13.9. The number of fused-ring (bicyclic) bond motifs is 1. The fourth-order valence-electron chi connectivity index (χ4n) is 3.87. The molecule has 0 N–H and O–H groups in total. The third kappa shape index (κ3) is 3.10. The monoisotopic (exact) mass is 408 g/mol. The third-order valence-electron chi connectivity index (χ3n) is 5.35. The molecule has 1 aromatic heterocycles. The predicted octanol–water partition coefficient (Wildman–Crippen LogP) is 1.79. The summed E-state index contributed by atoms with van der Waals surface area (Å²) in [6.45, 7) is 1.43. The molecule has 7 nitrogen and oxygen atoms in total. The van der Waals surface area contributed by atoms with Gasteiger partial charge in [-0.25, -0.2) is 13.1 Å². The largest absolute Gasteiger partial charge is 0.367 e. The average molecular weight is 409 g/mol. The Balaban J connectivity index is 1.62. The Kier molecular flexibility index (Phi) is 4.63. The molecule has 1 atom stereocenters. The van der Waals surface area contributed by atoms with Crippen LogP contribution in [-0.2, 0) is 23.5 Å². The molecule has 2 aliphatic heterocycles. The maximum atomic E-state index is 13.3. The smallest absolute Gasteiger partial charge is 0.287 e. The van der Waals surface area contributed by atoms with E-state index in [4.69, 9.17) is 11.6 Å². The highest BCUT2D eigenvalue weighted by Crippen LogP contribution is 2.34. The van der Waals surface area contributed by atoms with E-state index in [1.165, 1.54) is 17.9 Å². The number of para-hydroxylation sites is 1. The lowest BCUT2D eigenvalue weighted by Crippen LogP contribution is -2.48. The number of aryl methyl sites for hydroxylation is 1. The number of anilines is 2. The fraction of sp³-hybridized carbons (Fsp3) is 0.444. The molecule has 144 valence electrons. The van der Waals surface area contributed by atoms with Gasteiger partial charge in [0.1, 0.15) is 5.02 Å². The summed E-state index contributed by atoms with van der Waals surface area (Å²) in [7, 11) is -1.97. The number of hydrogen-bond donors (Lipinski definition) is 0. The standard InChI is InChI=1S/C18H21ClN4O3S/c1-21-18(24)17(19)16(11-20-21)22-9-4-6-14(12-22)27(25,26)23-10-8-13-5-2-3-7-15(13)23/h2-3,5,7,11,14H,4,6,8-10,12H2,1H3. The molecule has 9 heteroatoms. The summed E-state index contributed by atoms with van der Waals surface area (Å²) in [5.41, 5.74) is 1.96. The Morgan fingerprint density at radius 3 is 2.78 bits per heavy atom. The zero-order chi connectivity index (χ0) is 19.2. The number of benzene rings is 1. The first-order valence-electron chi connectivity index (χ1n) is 8.96. The Labute approximate surface area is 163 Å². The van der Waals surface area contributed by atoms with Gasteiger partial charge in [0, 0.05) is 26.7 Å². The van der Waals surface area contributed by atoms with Crippen molar-refractivity contribution in [3.63, 3.8) is 0 Å². The summed E-state index contributed by atoms with van der Waals surface area (Å²) in [5.74, 6) is 0.